The molecule has 0 aliphatic heterocycles. The quantitative estimate of drug-likeness (QED) is 0.367. The average molecular weight is 481 g/mol. The van der Waals surface area contributed by atoms with Crippen molar-refractivity contribution in [3.63, 3.8) is 0 Å². The van der Waals surface area contributed by atoms with E-state index in [1.165, 1.54) is 24.3 Å². The molecule has 0 aliphatic carbocycles. The summed E-state index contributed by atoms with van der Waals surface area (Å²) in [5.41, 5.74) is 7.26. The van der Waals surface area contributed by atoms with Crippen LogP contribution in [0.4, 0.5) is 18.9 Å². The lowest BCUT2D eigenvalue weighted by molar-refractivity contribution is -0.274. The molecule has 5 nitrogen and oxygen atoms in total. The predicted molar refractivity (Wildman–Crippen MR) is 105 cm³/mol. The molecule has 0 saturated heterocycles. The monoisotopic (exact) mass is 481 g/mol. The number of aliphatic imine (C=N–C) groups is 1. The van der Waals surface area contributed by atoms with Crippen LogP contribution in [0.2, 0.25) is 0 Å². The molecule has 26 heavy (non-hydrogen) atoms. The van der Waals surface area contributed by atoms with Crippen molar-refractivity contribution in [2.24, 2.45) is 10.7 Å². The minimum absolute atomic E-state index is 0. The lowest BCUT2D eigenvalue weighted by atomic mass is 10.1. The fraction of sp³-hybridized carbons (Fsp3) is 0.235. The van der Waals surface area contributed by atoms with E-state index < -0.39 is 6.36 Å². The van der Waals surface area contributed by atoms with Crippen LogP contribution in [0.1, 0.15) is 11.7 Å². The van der Waals surface area contributed by atoms with Crippen LogP contribution < -0.4 is 15.8 Å². The molecule has 1 atom stereocenters. The zero-order chi connectivity index (χ0) is 18.3. The Kier molecular flexibility index (Phi) is 8.66. The Morgan fingerprint density at radius 3 is 2.27 bits per heavy atom. The van der Waals surface area contributed by atoms with Gasteiger partial charge in [0.2, 0.25) is 0 Å². The Morgan fingerprint density at radius 2 is 1.73 bits per heavy atom. The Hall–Kier alpha value is -2.01. The number of nitrogens with one attached hydrogen (secondary N) is 1. The van der Waals surface area contributed by atoms with Gasteiger partial charge in [-0.25, -0.2) is 0 Å². The van der Waals surface area contributed by atoms with E-state index in [0.29, 0.717) is 12.2 Å². The van der Waals surface area contributed by atoms with E-state index in [1.807, 2.05) is 30.3 Å². The van der Waals surface area contributed by atoms with E-state index in [0.717, 1.165) is 5.56 Å². The molecule has 0 amide bonds. The van der Waals surface area contributed by atoms with Crippen LogP contribution in [0, 0.1) is 0 Å². The lowest BCUT2D eigenvalue weighted by Crippen LogP contribution is -2.24. The SMILES string of the molecule is COC(CN=C(N)Nc1ccc(OC(F)(F)F)cc1)c1ccccc1.I. The van der Waals surface area contributed by atoms with Crippen molar-refractivity contribution in [1.29, 1.82) is 0 Å². The lowest BCUT2D eigenvalue weighted by Gasteiger charge is -2.14. The molecule has 1 unspecified atom stereocenters. The standard InChI is InChI=1S/C17H18F3N3O2.HI/c1-24-15(12-5-3-2-4-6-12)11-22-16(21)23-13-7-9-14(10-8-13)25-17(18,19)20;/h2-10,15H,11H2,1H3,(H3,21,22,23);1H. The van der Waals surface area contributed by atoms with Crippen molar-refractivity contribution in [2.45, 2.75) is 12.5 Å². The van der Waals surface area contributed by atoms with Crippen LogP contribution in [0.5, 0.6) is 5.75 Å². The summed E-state index contributed by atoms with van der Waals surface area (Å²) in [6, 6.07) is 14.7. The van der Waals surface area contributed by atoms with Gasteiger partial charge in [-0.1, -0.05) is 30.3 Å². The van der Waals surface area contributed by atoms with Gasteiger partial charge in [-0.05, 0) is 29.8 Å². The molecule has 0 heterocycles. The van der Waals surface area contributed by atoms with Gasteiger partial charge in [-0.2, -0.15) is 0 Å². The third-order valence-electron chi connectivity index (χ3n) is 3.24. The number of hydrogen-bond donors (Lipinski definition) is 2. The molecule has 0 saturated carbocycles. The minimum atomic E-state index is -4.72. The van der Waals surface area contributed by atoms with Gasteiger partial charge in [0, 0.05) is 12.8 Å². The van der Waals surface area contributed by atoms with E-state index in [2.05, 4.69) is 15.0 Å². The van der Waals surface area contributed by atoms with E-state index >= 15 is 0 Å². The van der Waals surface area contributed by atoms with Gasteiger partial charge in [-0.15, -0.1) is 37.1 Å². The van der Waals surface area contributed by atoms with Gasteiger partial charge < -0.3 is 20.5 Å². The highest BCUT2D eigenvalue weighted by atomic mass is 127. The maximum Gasteiger partial charge on any atom is 0.573 e. The largest absolute Gasteiger partial charge is 0.573 e. The van der Waals surface area contributed by atoms with Crippen molar-refractivity contribution < 1.29 is 22.6 Å². The normalized spacial score (nSPS) is 12.8. The number of nitrogens with zero attached hydrogens (tertiary/aromatic N) is 1. The summed E-state index contributed by atoms with van der Waals surface area (Å²) in [6.45, 7) is 0.300. The molecular weight excluding hydrogens is 462 g/mol. The summed E-state index contributed by atoms with van der Waals surface area (Å²) in [5, 5.41) is 2.80. The van der Waals surface area contributed by atoms with Gasteiger partial charge in [0.1, 0.15) is 11.9 Å². The first-order valence-electron chi connectivity index (χ1n) is 7.38. The topological polar surface area (TPSA) is 68.9 Å². The van der Waals surface area contributed by atoms with Gasteiger partial charge in [0.15, 0.2) is 5.96 Å². The zero-order valence-corrected chi connectivity index (χ0v) is 16.2. The second kappa shape index (κ2) is 10.2. The molecule has 142 valence electrons. The number of nitrogens with two attached hydrogens (primary N) is 1. The molecule has 0 aliphatic rings. The average Bonchev–Trinajstić information content (AvgIpc) is 2.57. The maximum atomic E-state index is 12.1. The predicted octanol–water partition coefficient (Wildman–Crippen LogP) is 4.32. The summed E-state index contributed by atoms with van der Waals surface area (Å²) < 4.78 is 45.5. The summed E-state index contributed by atoms with van der Waals surface area (Å²) in [7, 11) is 1.58. The number of alkyl halides is 3. The zero-order valence-electron chi connectivity index (χ0n) is 13.9. The molecule has 9 heteroatoms. The van der Waals surface area contributed by atoms with Crippen LogP contribution in [0.25, 0.3) is 0 Å². The minimum Gasteiger partial charge on any atom is -0.406 e. The highest BCUT2D eigenvalue weighted by Crippen LogP contribution is 2.24. The second-order valence-corrected chi connectivity index (χ2v) is 5.06. The molecule has 0 spiro atoms. The van der Waals surface area contributed by atoms with Crippen molar-refractivity contribution in [1.82, 2.24) is 0 Å². The number of ether oxygens (including phenoxy) is 2. The van der Waals surface area contributed by atoms with Crippen LogP contribution in [0.3, 0.4) is 0 Å². The number of rotatable bonds is 6. The first kappa shape index (κ1) is 22.0. The van der Waals surface area contributed by atoms with Crippen molar-refractivity contribution >= 4 is 35.6 Å². The van der Waals surface area contributed by atoms with E-state index in [-0.39, 0.29) is 41.8 Å². The Labute approximate surface area is 166 Å². The van der Waals surface area contributed by atoms with Gasteiger partial charge >= 0.3 is 6.36 Å². The number of halogens is 4. The summed E-state index contributed by atoms with van der Waals surface area (Å²) in [4.78, 5) is 4.20. The Bertz CT molecular complexity index is 695. The second-order valence-electron chi connectivity index (χ2n) is 5.06. The molecule has 0 aromatic heterocycles. The first-order valence-corrected chi connectivity index (χ1v) is 7.38. The van der Waals surface area contributed by atoms with Crippen LogP contribution in [-0.2, 0) is 4.74 Å². The molecule has 3 N–H and O–H groups in total. The fourth-order valence-corrected chi connectivity index (χ4v) is 2.09. The number of hydrogen-bond acceptors (Lipinski definition) is 3. The summed E-state index contributed by atoms with van der Waals surface area (Å²) in [5.74, 6) is -0.181. The number of guanidine groups is 1. The number of methoxy groups -OCH3 is 1. The highest BCUT2D eigenvalue weighted by Gasteiger charge is 2.30. The third kappa shape index (κ3) is 7.48. The van der Waals surface area contributed by atoms with E-state index in [9.17, 15) is 13.2 Å². The van der Waals surface area contributed by atoms with E-state index in [1.54, 1.807) is 7.11 Å². The van der Waals surface area contributed by atoms with Crippen LogP contribution in [-0.4, -0.2) is 26.0 Å². The van der Waals surface area contributed by atoms with Crippen LogP contribution >= 0.6 is 24.0 Å². The molecular formula is C17H19F3IN3O2. The smallest absolute Gasteiger partial charge is 0.406 e. The van der Waals surface area contributed by atoms with Crippen molar-refractivity contribution in [3.05, 3.63) is 60.2 Å². The Morgan fingerprint density at radius 1 is 1.12 bits per heavy atom. The van der Waals surface area contributed by atoms with Crippen LogP contribution in [0.15, 0.2) is 59.6 Å². The summed E-state index contributed by atoms with van der Waals surface area (Å²) in [6.07, 6.45) is -4.97. The number of benzene rings is 2. The van der Waals surface area contributed by atoms with Crippen molar-refractivity contribution in [3.8, 4) is 5.75 Å². The van der Waals surface area contributed by atoms with Gasteiger partial charge in [-0.3, -0.25) is 4.99 Å². The van der Waals surface area contributed by atoms with Gasteiger partial charge in [0.05, 0.1) is 6.54 Å². The van der Waals surface area contributed by atoms with Gasteiger partial charge in [0.25, 0.3) is 0 Å². The molecule has 2 aromatic carbocycles. The first-order chi connectivity index (χ1) is 11.9. The third-order valence-corrected chi connectivity index (χ3v) is 3.24. The van der Waals surface area contributed by atoms with E-state index in [4.69, 9.17) is 10.5 Å². The Balaban J connectivity index is 0.00000338. The maximum absolute atomic E-state index is 12.1. The molecule has 2 rings (SSSR count). The molecule has 0 fully saturated rings. The molecule has 0 bridgehead atoms. The number of anilines is 1. The summed E-state index contributed by atoms with van der Waals surface area (Å²) >= 11 is 0. The van der Waals surface area contributed by atoms with Crippen molar-refractivity contribution in [2.75, 3.05) is 19.0 Å². The fourth-order valence-electron chi connectivity index (χ4n) is 2.09. The molecule has 0 radical (unpaired) electrons. The molecule has 2 aromatic rings. The highest BCUT2D eigenvalue weighted by molar-refractivity contribution is 14.0.